The van der Waals surface area contributed by atoms with Crippen LogP contribution in [-0.4, -0.2) is 45.5 Å². The van der Waals surface area contributed by atoms with Gasteiger partial charge in [0.15, 0.2) is 11.5 Å². The van der Waals surface area contributed by atoms with Crippen molar-refractivity contribution >= 4 is 0 Å². The quantitative estimate of drug-likeness (QED) is 0.906. The van der Waals surface area contributed by atoms with Crippen molar-refractivity contribution in [2.45, 2.75) is 19.6 Å². The van der Waals surface area contributed by atoms with Crippen LogP contribution in [0.3, 0.4) is 0 Å². The molecule has 2 aromatic rings. The van der Waals surface area contributed by atoms with Crippen molar-refractivity contribution in [2.75, 3.05) is 20.8 Å². The molecule has 0 radical (unpaired) electrons. The summed E-state index contributed by atoms with van der Waals surface area (Å²) < 4.78 is 12.3. The standard InChI is InChI=1S/C14H18N4O3/c1-20-11-4-3-10(13(19)14(11)21-2)7-17-5-6-18-12(8-17)15-9-16-18/h3-4,9,19H,5-8H2,1-2H3. The van der Waals surface area contributed by atoms with Crippen molar-refractivity contribution in [2.24, 2.45) is 0 Å². The van der Waals surface area contributed by atoms with Crippen LogP contribution < -0.4 is 9.47 Å². The summed E-state index contributed by atoms with van der Waals surface area (Å²) in [6.45, 7) is 3.01. The van der Waals surface area contributed by atoms with Gasteiger partial charge in [-0.1, -0.05) is 6.07 Å². The van der Waals surface area contributed by atoms with Gasteiger partial charge in [-0.2, -0.15) is 5.10 Å². The van der Waals surface area contributed by atoms with E-state index in [0.29, 0.717) is 24.6 Å². The summed E-state index contributed by atoms with van der Waals surface area (Å²) in [5, 5.41) is 14.5. The number of ether oxygens (including phenoxy) is 2. The molecular weight excluding hydrogens is 272 g/mol. The maximum absolute atomic E-state index is 10.3. The first-order valence-electron chi connectivity index (χ1n) is 6.74. The third-order valence-corrected chi connectivity index (χ3v) is 3.69. The summed E-state index contributed by atoms with van der Waals surface area (Å²) in [6.07, 6.45) is 1.58. The second-order valence-electron chi connectivity index (χ2n) is 4.92. The van der Waals surface area contributed by atoms with Gasteiger partial charge in [0, 0.05) is 18.7 Å². The van der Waals surface area contributed by atoms with E-state index >= 15 is 0 Å². The Morgan fingerprint density at radius 3 is 2.86 bits per heavy atom. The lowest BCUT2D eigenvalue weighted by Crippen LogP contribution is -2.33. The van der Waals surface area contributed by atoms with Crippen molar-refractivity contribution in [3.05, 3.63) is 29.8 Å². The SMILES string of the molecule is COc1ccc(CN2CCn3ncnc3C2)c(O)c1OC. The molecule has 0 amide bonds. The van der Waals surface area contributed by atoms with Crippen LogP contribution in [-0.2, 0) is 19.6 Å². The topological polar surface area (TPSA) is 72.6 Å². The van der Waals surface area contributed by atoms with Crippen molar-refractivity contribution in [1.29, 1.82) is 0 Å². The number of aromatic nitrogens is 3. The van der Waals surface area contributed by atoms with Crippen LogP contribution in [0, 0.1) is 0 Å². The third-order valence-electron chi connectivity index (χ3n) is 3.69. The predicted octanol–water partition coefficient (Wildman–Crippen LogP) is 1.02. The molecule has 7 nitrogen and oxygen atoms in total. The molecule has 0 saturated heterocycles. The van der Waals surface area contributed by atoms with Crippen molar-refractivity contribution < 1.29 is 14.6 Å². The molecular formula is C14H18N4O3. The number of phenolic OH excluding ortho intramolecular Hbond substituents is 1. The minimum Gasteiger partial charge on any atom is -0.504 e. The monoisotopic (exact) mass is 290 g/mol. The first kappa shape index (κ1) is 13.7. The molecule has 1 aromatic heterocycles. The molecule has 0 atom stereocenters. The van der Waals surface area contributed by atoms with Crippen LogP contribution in [0.15, 0.2) is 18.5 Å². The lowest BCUT2D eigenvalue weighted by Gasteiger charge is -2.27. The first-order chi connectivity index (χ1) is 10.2. The van der Waals surface area contributed by atoms with Gasteiger partial charge in [-0.05, 0) is 6.07 Å². The smallest absolute Gasteiger partial charge is 0.203 e. The summed E-state index contributed by atoms with van der Waals surface area (Å²) in [5.74, 6) is 1.97. The van der Waals surface area contributed by atoms with E-state index in [1.165, 1.54) is 7.11 Å². The second kappa shape index (κ2) is 5.61. The number of hydrogen-bond donors (Lipinski definition) is 1. The highest BCUT2D eigenvalue weighted by atomic mass is 16.5. The minimum atomic E-state index is 0.129. The molecule has 0 bridgehead atoms. The summed E-state index contributed by atoms with van der Waals surface area (Å²) in [6, 6.07) is 3.66. The number of nitrogens with zero attached hydrogens (tertiary/aromatic N) is 4. The van der Waals surface area contributed by atoms with E-state index in [1.807, 2.05) is 10.7 Å². The highest BCUT2D eigenvalue weighted by Crippen LogP contribution is 2.39. The molecule has 3 rings (SSSR count). The zero-order chi connectivity index (χ0) is 14.8. The average molecular weight is 290 g/mol. The second-order valence-corrected chi connectivity index (χ2v) is 4.92. The number of aromatic hydroxyl groups is 1. The van der Waals surface area contributed by atoms with Crippen LogP contribution in [0.4, 0.5) is 0 Å². The third kappa shape index (κ3) is 2.52. The van der Waals surface area contributed by atoms with Gasteiger partial charge >= 0.3 is 0 Å². The molecule has 1 aliphatic rings. The number of rotatable bonds is 4. The molecule has 1 aromatic carbocycles. The largest absolute Gasteiger partial charge is 0.504 e. The number of methoxy groups -OCH3 is 2. The Morgan fingerprint density at radius 2 is 2.10 bits per heavy atom. The summed E-state index contributed by atoms with van der Waals surface area (Å²) >= 11 is 0. The lowest BCUT2D eigenvalue weighted by atomic mass is 10.1. The molecule has 2 heterocycles. The molecule has 1 N–H and O–H groups in total. The highest BCUT2D eigenvalue weighted by molar-refractivity contribution is 5.54. The van der Waals surface area contributed by atoms with E-state index in [-0.39, 0.29) is 5.75 Å². The van der Waals surface area contributed by atoms with E-state index in [0.717, 1.165) is 24.5 Å². The van der Waals surface area contributed by atoms with Crippen molar-refractivity contribution in [3.63, 3.8) is 0 Å². The highest BCUT2D eigenvalue weighted by Gasteiger charge is 2.20. The Labute approximate surface area is 122 Å². The fraction of sp³-hybridized carbons (Fsp3) is 0.429. The van der Waals surface area contributed by atoms with Gasteiger partial charge in [0.05, 0.1) is 27.3 Å². The predicted molar refractivity (Wildman–Crippen MR) is 75.3 cm³/mol. The zero-order valence-electron chi connectivity index (χ0n) is 12.1. The number of hydrogen-bond acceptors (Lipinski definition) is 6. The Bertz CT molecular complexity index is 641. The number of benzene rings is 1. The Balaban J connectivity index is 1.80. The minimum absolute atomic E-state index is 0.129. The van der Waals surface area contributed by atoms with E-state index in [2.05, 4.69) is 15.0 Å². The summed E-state index contributed by atoms with van der Waals surface area (Å²) in [7, 11) is 3.07. The fourth-order valence-corrected chi connectivity index (χ4v) is 2.57. The van der Waals surface area contributed by atoms with E-state index in [1.54, 1.807) is 19.5 Å². The average Bonchev–Trinajstić information content (AvgIpc) is 2.96. The summed E-state index contributed by atoms with van der Waals surface area (Å²) in [4.78, 5) is 6.45. The molecule has 1 aliphatic heterocycles. The molecule has 0 saturated carbocycles. The lowest BCUT2D eigenvalue weighted by molar-refractivity contribution is 0.198. The van der Waals surface area contributed by atoms with Crippen LogP contribution in [0.1, 0.15) is 11.4 Å². The summed E-state index contributed by atoms with van der Waals surface area (Å²) in [5.41, 5.74) is 0.806. The zero-order valence-corrected chi connectivity index (χ0v) is 12.1. The van der Waals surface area contributed by atoms with Gasteiger partial charge in [-0.3, -0.25) is 4.90 Å². The van der Waals surface area contributed by atoms with Gasteiger partial charge in [-0.15, -0.1) is 0 Å². The normalized spacial score (nSPS) is 14.8. The van der Waals surface area contributed by atoms with Gasteiger partial charge in [0.2, 0.25) is 5.75 Å². The van der Waals surface area contributed by atoms with Gasteiger partial charge in [0.25, 0.3) is 0 Å². The molecule has 0 fully saturated rings. The fourth-order valence-electron chi connectivity index (χ4n) is 2.57. The van der Waals surface area contributed by atoms with E-state index < -0.39 is 0 Å². The molecule has 0 spiro atoms. The molecule has 7 heteroatoms. The van der Waals surface area contributed by atoms with E-state index in [9.17, 15) is 5.11 Å². The molecule has 112 valence electrons. The van der Waals surface area contributed by atoms with Gasteiger partial charge < -0.3 is 14.6 Å². The molecule has 0 unspecified atom stereocenters. The van der Waals surface area contributed by atoms with Gasteiger partial charge in [0.1, 0.15) is 12.2 Å². The Morgan fingerprint density at radius 1 is 1.24 bits per heavy atom. The Hall–Kier alpha value is -2.28. The van der Waals surface area contributed by atoms with Crippen LogP contribution >= 0.6 is 0 Å². The van der Waals surface area contributed by atoms with Crippen molar-refractivity contribution in [3.8, 4) is 17.2 Å². The Kier molecular flexibility index (Phi) is 3.66. The maximum Gasteiger partial charge on any atom is 0.203 e. The van der Waals surface area contributed by atoms with Crippen LogP contribution in [0.2, 0.25) is 0 Å². The number of fused-ring (bicyclic) bond motifs is 1. The molecule has 0 aliphatic carbocycles. The van der Waals surface area contributed by atoms with Crippen LogP contribution in [0.5, 0.6) is 17.2 Å². The van der Waals surface area contributed by atoms with Crippen LogP contribution in [0.25, 0.3) is 0 Å². The first-order valence-corrected chi connectivity index (χ1v) is 6.74. The van der Waals surface area contributed by atoms with Crippen molar-refractivity contribution in [1.82, 2.24) is 19.7 Å². The molecule has 21 heavy (non-hydrogen) atoms. The number of phenols is 1. The maximum atomic E-state index is 10.3. The van der Waals surface area contributed by atoms with Gasteiger partial charge in [-0.25, -0.2) is 9.67 Å². The van der Waals surface area contributed by atoms with E-state index in [4.69, 9.17) is 9.47 Å².